The van der Waals surface area contributed by atoms with E-state index >= 15 is 0 Å². The van der Waals surface area contributed by atoms with Crippen molar-refractivity contribution in [1.29, 1.82) is 0 Å². The van der Waals surface area contributed by atoms with E-state index in [0.717, 1.165) is 7.11 Å². The number of aromatic nitrogens is 1. The molecule has 0 bridgehead atoms. The fourth-order valence-corrected chi connectivity index (χ4v) is 1.21. The smallest absolute Gasteiger partial charge is 0.433 e. The van der Waals surface area contributed by atoms with E-state index in [1.54, 1.807) is 5.32 Å². The number of alkyl halides is 6. The molecule has 10 heteroatoms. The zero-order valence-corrected chi connectivity index (χ0v) is 9.89. The fraction of sp³-hybridized carbons (Fsp3) is 0.400. The van der Waals surface area contributed by atoms with E-state index in [0.29, 0.717) is 12.1 Å². The van der Waals surface area contributed by atoms with Gasteiger partial charge in [0.25, 0.3) is 0 Å². The van der Waals surface area contributed by atoms with Gasteiger partial charge in [-0.15, -0.1) is 0 Å². The second-order valence-corrected chi connectivity index (χ2v) is 3.55. The lowest BCUT2D eigenvalue weighted by molar-refractivity contribution is -0.141. The summed E-state index contributed by atoms with van der Waals surface area (Å²) >= 11 is 0. The molecule has 0 saturated heterocycles. The molecule has 0 saturated carbocycles. The number of esters is 1. The number of rotatable bonds is 3. The monoisotopic (exact) mass is 302 g/mol. The van der Waals surface area contributed by atoms with Crippen molar-refractivity contribution in [3.05, 3.63) is 23.4 Å². The van der Waals surface area contributed by atoms with Crippen LogP contribution >= 0.6 is 0 Å². The highest BCUT2D eigenvalue weighted by Crippen LogP contribution is 2.30. The summed E-state index contributed by atoms with van der Waals surface area (Å²) in [5.41, 5.74) is -1.94. The Morgan fingerprint density at radius 1 is 1.25 bits per heavy atom. The van der Waals surface area contributed by atoms with Gasteiger partial charge in [0, 0.05) is 0 Å². The van der Waals surface area contributed by atoms with Crippen LogP contribution in [0.1, 0.15) is 16.1 Å². The first-order chi connectivity index (χ1) is 9.04. The second kappa shape index (κ2) is 5.55. The molecular formula is C10H8F6N2O2. The number of nitrogens with one attached hydrogen (secondary N) is 1. The van der Waals surface area contributed by atoms with Crippen molar-refractivity contribution < 1.29 is 35.9 Å². The highest BCUT2D eigenvalue weighted by Gasteiger charge is 2.34. The lowest BCUT2D eigenvalue weighted by atomic mass is 10.2. The quantitative estimate of drug-likeness (QED) is 0.689. The van der Waals surface area contributed by atoms with Gasteiger partial charge in [-0.25, -0.2) is 9.78 Å². The summed E-state index contributed by atoms with van der Waals surface area (Å²) in [6.07, 6.45) is -9.52. The number of anilines is 1. The Bertz CT molecular complexity index is 498. The SMILES string of the molecule is COC(=O)c1ccc(C(F)(F)F)nc1NCC(F)(F)F. The first-order valence-corrected chi connectivity index (χ1v) is 5.02. The molecule has 1 N–H and O–H groups in total. The zero-order chi connectivity index (χ0) is 15.6. The van der Waals surface area contributed by atoms with Crippen molar-refractivity contribution in [2.75, 3.05) is 19.0 Å². The number of hydrogen-bond acceptors (Lipinski definition) is 4. The van der Waals surface area contributed by atoms with E-state index in [4.69, 9.17) is 0 Å². The highest BCUT2D eigenvalue weighted by molar-refractivity contribution is 5.94. The van der Waals surface area contributed by atoms with Crippen molar-refractivity contribution in [2.24, 2.45) is 0 Å². The van der Waals surface area contributed by atoms with Crippen LogP contribution in [-0.2, 0) is 10.9 Å². The van der Waals surface area contributed by atoms with Crippen LogP contribution < -0.4 is 5.32 Å². The average Bonchev–Trinajstić information content (AvgIpc) is 2.33. The number of pyridine rings is 1. The third kappa shape index (κ3) is 4.28. The van der Waals surface area contributed by atoms with Crippen molar-refractivity contribution in [3.8, 4) is 0 Å². The van der Waals surface area contributed by atoms with E-state index in [1.165, 1.54) is 0 Å². The molecule has 0 amide bonds. The number of carbonyl (C=O) groups excluding carboxylic acids is 1. The van der Waals surface area contributed by atoms with Crippen molar-refractivity contribution >= 4 is 11.8 Å². The molecule has 0 spiro atoms. The lowest BCUT2D eigenvalue weighted by Crippen LogP contribution is -2.24. The molecule has 0 aliphatic carbocycles. The molecule has 0 unspecified atom stereocenters. The Balaban J connectivity index is 3.16. The number of ether oxygens (including phenoxy) is 1. The Morgan fingerprint density at radius 2 is 1.85 bits per heavy atom. The van der Waals surface area contributed by atoms with Gasteiger partial charge in [0.1, 0.15) is 23.6 Å². The third-order valence-electron chi connectivity index (χ3n) is 2.05. The number of hydrogen-bond donors (Lipinski definition) is 1. The summed E-state index contributed by atoms with van der Waals surface area (Å²) < 4.78 is 77.7. The van der Waals surface area contributed by atoms with Gasteiger partial charge in [-0.05, 0) is 12.1 Å². The van der Waals surface area contributed by atoms with Gasteiger partial charge in [-0.1, -0.05) is 0 Å². The predicted octanol–water partition coefficient (Wildman–Crippen LogP) is 2.86. The minimum absolute atomic E-state index is 0.477. The van der Waals surface area contributed by atoms with Gasteiger partial charge in [-0.2, -0.15) is 26.3 Å². The molecule has 20 heavy (non-hydrogen) atoms. The average molecular weight is 302 g/mol. The Morgan fingerprint density at radius 3 is 2.30 bits per heavy atom. The van der Waals surface area contributed by atoms with E-state index < -0.39 is 41.9 Å². The van der Waals surface area contributed by atoms with Crippen LogP contribution in [0.5, 0.6) is 0 Å². The molecule has 0 fully saturated rings. The second-order valence-electron chi connectivity index (χ2n) is 3.55. The molecule has 1 rings (SSSR count). The predicted molar refractivity (Wildman–Crippen MR) is 55.1 cm³/mol. The number of carbonyl (C=O) groups is 1. The number of methoxy groups -OCH3 is 1. The van der Waals surface area contributed by atoms with E-state index in [2.05, 4.69) is 9.72 Å². The molecule has 112 valence electrons. The first kappa shape index (κ1) is 16.1. The molecule has 0 aromatic carbocycles. The molecule has 4 nitrogen and oxygen atoms in total. The number of halogens is 6. The van der Waals surface area contributed by atoms with Crippen molar-refractivity contribution in [1.82, 2.24) is 4.98 Å². The van der Waals surface area contributed by atoms with E-state index in [1.807, 2.05) is 0 Å². The summed E-state index contributed by atoms with van der Waals surface area (Å²) in [7, 11) is 0.938. The molecule has 1 heterocycles. The molecule has 1 aromatic rings. The third-order valence-corrected chi connectivity index (χ3v) is 2.05. The molecule has 0 atom stereocenters. The van der Waals surface area contributed by atoms with Gasteiger partial charge in [0.05, 0.1) is 7.11 Å². The van der Waals surface area contributed by atoms with Crippen LogP contribution in [0.3, 0.4) is 0 Å². The van der Waals surface area contributed by atoms with Crippen LogP contribution in [0.2, 0.25) is 0 Å². The van der Waals surface area contributed by atoms with Gasteiger partial charge >= 0.3 is 18.3 Å². The minimum atomic E-state index is -4.84. The largest absolute Gasteiger partial charge is 0.465 e. The topological polar surface area (TPSA) is 51.2 Å². The van der Waals surface area contributed by atoms with Crippen LogP contribution in [-0.4, -0.2) is 30.8 Å². The normalized spacial score (nSPS) is 12.2. The number of nitrogens with zero attached hydrogens (tertiary/aromatic N) is 1. The summed E-state index contributed by atoms with van der Waals surface area (Å²) in [4.78, 5) is 14.2. The van der Waals surface area contributed by atoms with E-state index in [9.17, 15) is 31.1 Å². The Labute approximate surface area is 108 Å². The van der Waals surface area contributed by atoms with Crippen LogP contribution in [0, 0.1) is 0 Å². The molecular weight excluding hydrogens is 294 g/mol. The Hall–Kier alpha value is -2.00. The lowest BCUT2D eigenvalue weighted by Gasteiger charge is -2.14. The van der Waals surface area contributed by atoms with Crippen molar-refractivity contribution in [3.63, 3.8) is 0 Å². The van der Waals surface area contributed by atoms with Gasteiger partial charge < -0.3 is 10.1 Å². The molecule has 1 aromatic heterocycles. The Kier molecular flexibility index (Phi) is 4.46. The first-order valence-electron chi connectivity index (χ1n) is 5.02. The fourth-order valence-electron chi connectivity index (χ4n) is 1.21. The standard InChI is InChI=1S/C10H8F6N2O2/c1-20-8(19)5-2-3-6(10(14,15)16)18-7(5)17-4-9(11,12)13/h2-3H,4H2,1H3,(H,17,18). The zero-order valence-electron chi connectivity index (χ0n) is 9.89. The summed E-state index contributed by atoms with van der Waals surface area (Å²) in [6, 6.07) is 1.17. The van der Waals surface area contributed by atoms with E-state index in [-0.39, 0.29) is 0 Å². The summed E-state index contributed by atoms with van der Waals surface area (Å²) in [5.74, 6) is -1.94. The maximum Gasteiger partial charge on any atom is 0.433 e. The minimum Gasteiger partial charge on any atom is -0.465 e. The summed E-state index contributed by atoms with van der Waals surface area (Å²) in [6.45, 7) is -1.63. The van der Waals surface area contributed by atoms with Crippen molar-refractivity contribution in [2.45, 2.75) is 12.4 Å². The maximum absolute atomic E-state index is 12.4. The van der Waals surface area contributed by atoms with Crippen LogP contribution in [0.4, 0.5) is 32.2 Å². The van der Waals surface area contributed by atoms with Crippen LogP contribution in [0.15, 0.2) is 12.1 Å². The van der Waals surface area contributed by atoms with Gasteiger partial charge in [0.2, 0.25) is 0 Å². The molecule has 0 radical (unpaired) electrons. The summed E-state index contributed by atoms with van der Waals surface area (Å²) in [5, 5.41) is 1.64. The maximum atomic E-state index is 12.4. The van der Waals surface area contributed by atoms with Gasteiger partial charge in [-0.3, -0.25) is 0 Å². The molecule has 0 aliphatic rings. The molecule has 0 aliphatic heterocycles. The van der Waals surface area contributed by atoms with Crippen LogP contribution in [0.25, 0.3) is 0 Å². The van der Waals surface area contributed by atoms with Gasteiger partial charge in [0.15, 0.2) is 0 Å². The highest BCUT2D eigenvalue weighted by atomic mass is 19.4.